The predicted molar refractivity (Wildman–Crippen MR) is 165 cm³/mol. The number of azo groups is 2. The molecule has 4 aromatic rings. The summed E-state index contributed by atoms with van der Waals surface area (Å²) in [6.45, 7) is 3.35. The van der Waals surface area contributed by atoms with Gasteiger partial charge in [0.05, 0.1) is 78.6 Å². The fourth-order valence-electron chi connectivity index (χ4n) is 4.82. The Kier molecular flexibility index (Phi) is 10.4. The van der Waals surface area contributed by atoms with Crippen LogP contribution >= 0.6 is 0 Å². The normalized spacial score (nSPS) is 13.4. The third-order valence-electron chi connectivity index (χ3n) is 7.09. The molecule has 1 aliphatic heterocycles. The maximum absolute atomic E-state index is 5.74. The summed E-state index contributed by atoms with van der Waals surface area (Å²) < 4.78 is 19.2. The number of nitrogens with zero attached hydrogens (tertiary/aromatic N) is 10. The number of rotatable bonds is 8. The van der Waals surface area contributed by atoms with Gasteiger partial charge < -0.3 is 34.1 Å². The molecule has 0 saturated carbocycles. The molecule has 0 radical (unpaired) electrons. The molecule has 0 bridgehead atoms. The van der Waals surface area contributed by atoms with Crippen molar-refractivity contribution in [3.8, 4) is 11.5 Å². The van der Waals surface area contributed by atoms with E-state index in [-0.39, 0.29) is 14.9 Å². The van der Waals surface area contributed by atoms with Crippen molar-refractivity contribution in [3.63, 3.8) is 0 Å². The van der Waals surface area contributed by atoms with Crippen molar-refractivity contribution >= 4 is 34.6 Å². The lowest BCUT2D eigenvalue weighted by atomic mass is 10.2. The first kappa shape index (κ1) is 31.8. The molecule has 5 rings (SSSR count). The Labute approximate surface area is 248 Å². The van der Waals surface area contributed by atoms with E-state index in [2.05, 4.69) is 42.4 Å². The molecule has 2 aromatic carbocycles. The van der Waals surface area contributed by atoms with E-state index in [9.17, 15) is 0 Å². The number of methoxy groups -OCH3 is 2. The molecule has 224 valence electrons. The number of anilines is 2. The third-order valence-corrected chi connectivity index (χ3v) is 7.09. The van der Waals surface area contributed by atoms with Gasteiger partial charge in [0.25, 0.3) is 0 Å². The standard InChI is InChI=1S/C28H36N10O2.2CH3/c1-33-11-12-34(2)27(33)31-29-21-7-9-23(25(19-21)39-5)37-15-17-38(18-16-37)24-10-8-22(20-26(24)40-6)30-32-28-35(3)13-14-36(28)4;;/h7-14,19-20H,15-18H2,1-6H3;2*1H3/q+2;2*-1. The zero-order valence-electron chi connectivity index (χ0n) is 25.9. The Balaban J connectivity index is 0.00000242. The number of piperazine rings is 1. The topological polar surface area (TPSA) is 92.0 Å². The lowest BCUT2D eigenvalue weighted by Gasteiger charge is -2.38. The van der Waals surface area contributed by atoms with Gasteiger partial charge in [0, 0.05) is 48.5 Å². The summed E-state index contributed by atoms with van der Waals surface area (Å²) in [5, 5.41) is 17.6. The smallest absolute Gasteiger partial charge is 0.421 e. The van der Waals surface area contributed by atoms with Crippen molar-refractivity contribution in [2.75, 3.05) is 50.2 Å². The number of benzene rings is 2. The third kappa shape index (κ3) is 6.59. The van der Waals surface area contributed by atoms with Gasteiger partial charge in [-0.15, -0.1) is 0 Å². The summed E-state index contributed by atoms with van der Waals surface area (Å²) in [4.78, 5) is 4.67. The van der Waals surface area contributed by atoms with E-state index in [1.54, 1.807) is 14.2 Å². The zero-order valence-corrected chi connectivity index (χ0v) is 25.9. The summed E-state index contributed by atoms with van der Waals surface area (Å²) in [6.07, 6.45) is 7.77. The fraction of sp³-hybridized carbons (Fsp3) is 0.333. The van der Waals surface area contributed by atoms with Crippen LogP contribution in [0, 0.1) is 14.9 Å². The van der Waals surface area contributed by atoms with E-state index >= 15 is 0 Å². The van der Waals surface area contributed by atoms with Gasteiger partial charge in [-0.25, -0.2) is 18.3 Å². The quantitative estimate of drug-likeness (QED) is 0.167. The molecule has 1 saturated heterocycles. The van der Waals surface area contributed by atoms with Crippen molar-refractivity contribution in [1.29, 1.82) is 0 Å². The Hall–Kier alpha value is -4.74. The lowest BCUT2D eigenvalue weighted by molar-refractivity contribution is -0.657. The molecule has 0 spiro atoms. The van der Waals surface area contributed by atoms with E-state index < -0.39 is 0 Å². The number of aromatic nitrogens is 4. The number of aryl methyl sites for hydroxylation is 4. The first-order chi connectivity index (χ1) is 19.4. The summed E-state index contributed by atoms with van der Waals surface area (Å²) in [6, 6.07) is 11.9. The van der Waals surface area contributed by atoms with Gasteiger partial charge >= 0.3 is 11.9 Å². The Bertz CT molecular complexity index is 1390. The van der Waals surface area contributed by atoms with Crippen LogP contribution in [0.25, 0.3) is 0 Å². The number of ether oxygens (including phenoxy) is 2. The van der Waals surface area contributed by atoms with Crippen LogP contribution in [0.3, 0.4) is 0 Å². The van der Waals surface area contributed by atoms with Gasteiger partial charge in [-0.2, -0.15) is 0 Å². The Morgan fingerprint density at radius 3 is 1.31 bits per heavy atom. The van der Waals surface area contributed by atoms with Crippen LogP contribution in [-0.4, -0.2) is 49.5 Å². The molecule has 42 heavy (non-hydrogen) atoms. The molecular weight excluding hydrogens is 532 g/mol. The van der Waals surface area contributed by atoms with Crippen LogP contribution in [0.15, 0.2) is 81.6 Å². The van der Waals surface area contributed by atoms with E-state index in [4.69, 9.17) is 9.47 Å². The van der Waals surface area contributed by atoms with Gasteiger partial charge in [0.1, 0.15) is 22.9 Å². The van der Waals surface area contributed by atoms with Gasteiger partial charge in [-0.05, 0) is 24.3 Å². The van der Waals surface area contributed by atoms with Gasteiger partial charge in [0.2, 0.25) is 0 Å². The highest BCUT2D eigenvalue weighted by Gasteiger charge is 2.23. The molecule has 0 amide bonds. The predicted octanol–water partition coefficient (Wildman–Crippen LogP) is 5.09. The summed E-state index contributed by atoms with van der Waals surface area (Å²) in [7, 11) is 11.2. The maximum atomic E-state index is 5.74. The second-order valence-electron chi connectivity index (χ2n) is 9.73. The first-order valence-corrected chi connectivity index (χ1v) is 13.1. The number of imidazole rings is 2. The molecule has 1 fully saturated rings. The number of hydrogen-bond acceptors (Lipinski definition) is 8. The Morgan fingerprint density at radius 1 is 0.619 bits per heavy atom. The van der Waals surface area contributed by atoms with Crippen LogP contribution in [0.1, 0.15) is 0 Å². The minimum atomic E-state index is 0. The van der Waals surface area contributed by atoms with Crippen LogP contribution in [-0.2, 0) is 28.2 Å². The van der Waals surface area contributed by atoms with Gasteiger partial charge in [-0.1, -0.05) is 10.2 Å². The van der Waals surface area contributed by atoms with E-state index in [1.807, 2.05) is 95.5 Å². The van der Waals surface area contributed by atoms with Crippen LogP contribution in [0.5, 0.6) is 11.5 Å². The van der Waals surface area contributed by atoms with Crippen molar-refractivity contribution in [2.45, 2.75) is 0 Å². The average molecular weight is 575 g/mol. The summed E-state index contributed by atoms with van der Waals surface area (Å²) in [5.74, 6) is 3.08. The maximum Gasteiger partial charge on any atom is 0.421 e. The van der Waals surface area contributed by atoms with E-state index in [0.29, 0.717) is 0 Å². The molecule has 2 aromatic heterocycles. The summed E-state index contributed by atoms with van der Waals surface area (Å²) >= 11 is 0. The van der Waals surface area contributed by atoms with Crippen LogP contribution in [0.2, 0.25) is 0 Å². The largest absolute Gasteiger partial charge is 0.495 e. The molecule has 12 nitrogen and oxygen atoms in total. The fourth-order valence-corrected chi connectivity index (χ4v) is 4.82. The van der Waals surface area contributed by atoms with Crippen molar-refractivity contribution < 1.29 is 18.6 Å². The lowest BCUT2D eigenvalue weighted by Crippen LogP contribution is -2.46. The number of hydrogen-bond donors (Lipinski definition) is 0. The first-order valence-electron chi connectivity index (χ1n) is 13.1. The summed E-state index contributed by atoms with van der Waals surface area (Å²) in [5.41, 5.74) is 3.57. The highest BCUT2D eigenvalue weighted by atomic mass is 16.5. The van der Waals surface area contributed by atoms with Gasteiger partial charge in [-0.3, -0.25) is 0 Å². The van der Waals surface area contributed by atoms with Crippen LogP contribution < -0.4 is 28.4 Å². The molecule has 0 aliphatic carbocycles. The highest BCUT2D eigenvalue weighted by molar-refractivity contribution is 5.67. The zero-order chi connectivity index (χ0) is 28.2. The van der Waals surface area contributed by atoms with Gasteiger partial charge in [0.15, 0.2) is 0 Å². The van der Waals surface area contributed by atoms with E-state index in [1.165, 1.54) is 0 Å². The molecular formula is C30H42N10O2. The molecule has 0 atom stereocenters. The van der Waals surface area contributed by atoms with Crippen LogP contribution in [0.4, 0.5) is 34.6 Å². The minimum absolute atomic E-state index is 0. The molecule has 3 heterocycles. The Morgan fingerprint density at radius 2 is 1.00 bits per heavy atom. The molecule has 1 aliphatic rings. The van der Waals surface area contributed by atoms with Crippen molar-refractivity contribution in [3.05, 3.63) is 76.0 Å². The highest BCUT2D eigenvalue weighted by Crippen LogP contribution is 2.36. The van der Waals surface area contributed by atoms with Crippen molar-refractivity contribution in [1.82, 2.24) is 9.13 Å². The average Bonchev–Trinajstić information content (AvgIpc) is 3.48. The SMILES string of the molecule is COc1cc(N=Nc2n(C)cc[n+]2C)ccc1N1CCN(c2ccc(N=Nc3n(C)cc[n+]3C)cc2OC)CC1.[CH3-].[CH3-]. The molecule has 0 N–H and O–H groups in total. The van der Waals surface area contributed by atoms with Crippen molar-refractivity contribution in [2.24, 2.45) is 48.6 Å². The molecule has 12 heteroatoms. The minimum Gasteiger partial charge on any atom is -0.495 e. The second-order valence-corrected chi connectivity index (χ2v) is 9.73. The molecule has 0 unspecified atom stereocenters. The monoisotopic (exact) mass is 574 g/mol. The second kappa shape index (κ2) is 13.7. The van der Waals surface area contributed by atoms with E-state index in [0.717, 1.165) is 72.3 Å².